The third-order valence-corrected chi connectivity index (χ3v) is 2.90. The summed E-state index contributed by atoms with van der Waals surface area (Å²) in [6, 6.07) is 7.34. The highest BCUT2D eigenvalue weighted by Crippen LogP contribution is 2.14. The molecule has 1 amide bonds. The Bertz CT molecular complexity index is 569. The summed E-state index contributed by atoms with van der Waals surface area (Å²) >= 11 is 6.00. The Hall–Kier alpha value is -1.92. The van der Waals surface area contributed by atoms with Crippen LogP contribution in [0.3, 0.4) is 0 Å². The van der Waals surface area contributed by atoms with Crippen LogP contribution >= 0.6 is 11.6 Å². The first-order valence-corrected chi connectivity index (χ1v) is 6.20. The van der Waals surface area contributed by atoms with Crippen LogP contribution in [0.4, 0.5) is 0 Å². The number of hydrogen-bond donors (Lipinski definition) is 2. The van der Waals surface area contributed by atoms with E-state index in [0.29, 0.717) is 24.7 Å². The quantitative estimate of drug-likeness (QED) is 0.848. The molecular formula is C12H14ClN5O. The number of halogens is 1. The highest BCUT2D eigenvalue weighted by Gasteiger charge is 2.10. The summed E-state index contributed by atoms with van der Waals surface area (Å²) < 4.78 is 1.53. The Morgan fingerprint density at radius 1 is 1.42 bits per heavy atom. The summed E-state index contributed by atoms with van der Waals surface area (Å²) in [6.07, 6.45) is 1.56. The standard InChI is InChI=1S/C12H14ClN5O/c13-10-4-2-1-3-9(10)7-15-12(19)11-8-18(6-5-14)17-16-11/h1-4,8H,5-7,14H2,(H,15,19). The maximum Gasteiger partial charge on any atom is 0.273 e. The third-order valence-electron chi connectivity index (χ3n) is 2.53. The largest absolute Gasteiger partial charge is 0.346 e. The number of rotatable bonds is 5. The highest BCUT2D eigenvalue weighted by atomic mass is 35.5. The lowest BCUT2D eigenvalue weighted by molar-refractivity contribution is 0.0946. The molecule has 0 aliphatic rings. The van der Waals surface area contributed by atoms with Gasteiger partial charge in [-0.3, -0.25) is 9.48 Å². The molecule has 7 heteroatoms. The summed E-state index contributed by atoms with van der Waals surface area (Å²) in [5.74, 6) is -0.289. The Kier molecular flexibility index (Phi) is 4.48. The second kappa shape index (κ2) is 6.31. The SMILES string of the molecule is NCCn1cc(C(=O)NCc2ccccc2Cl)nn1. The summed E-state index contributed by atoms with van der Waals surface area (Å²) in [6.45, 7) is 1.33. The first-order chi connectivity index (χ1) is 9.20. The van der Waals surface area contributed by atoms with Crippen molar-refractivity contribution < 1.29 is 4.79 Å². The van der Waals surface area contributed by atoms with Crippen LogP contribution in [0.25, 0.3) is 0 Å². The van der Waals surface area contributed by atoms with Gasteiger partial charge in [-0.15, -0.1) is 5.10 Å². The minimum Gasteiger partial charge on any atom is -0.346 e. The zero-order valence-electron chi connectivity index (χ0n) is 10.2. The normalized spacial score (nSPS) is 10.4. The molecule has 0 atom stereocenters. The Balaban J connectivity index is 1.95. The summed E-state index contributed by atoms with van der Waals surface area (Å²) in [5.41, 5.74) is 6.51. The lowest BCUT2D eigenvalue weighted by Crippen LogP contribution is -2.23. The van der Waals surface area contributed by atoms with E-state index in [4.69, 9.17) is 17.3 Å². The van der Waals surface area contributed by atoms with Crippen molar-refractivity contribution in [3.8, 4) is 0 Å². The number of nitrogens with two attached hydrogens (primary N) is 1. The molecule has 1 aromatic heterocycles. The van der Waals surface area contributed by atoms with Gasteiger partial charge in [-0.1, -0.05) is 35.0 Å². The van der Waals surface area contributed by atoms with Gasteiger partial charge in [-0.25, -0.2) is 0 Å². The number of aromatic nitrogens is 3. The monoisotopic (exact) mass is 279 g/mol. The van der Waals surface area contributed by atoms with Crippen LogP contribution in [-0.4, -0.2) is 27.4 Å². The van der Waals surface area contributed by atoms with Crippen molar-refractivity contribution in [2.45, 2.75) is 13.1 Å². The van der Waals surface area contributed by atoms with Crippen LogP contribution in [0, 0.1) is 0 Å². The predicted octanol–water partition coefficient (Wildman–Crippen LogP) is 0.820. The maximum absolute atomic E-state index is 11.8. The van der Waals surface area contributed by atoms with Gasteiger partial charge < -0.3 is 11.1 Å². The van der Waals surface area contributed by atoms with E-state index in [2.05, 4.69) is 15.6 Å². The molecule has 0 spiro atoms. The van der Waals surface area contributed by atoms with E-state index in [1.54, 1.807) is 12.3 Å². The van der Waals surface area contributed by atoms with Crippen LogP contribution in [0.1, 0.15) is 16.1 Å². The zero-order valence-corrected chi connectivity index (χ0v) is 11.0. The molecule has 0 saturated heterocycles. The van der Waals surface area contributed by atoms with Gasteiger partial charge in [0.05, 0.1) is 12.7 Å². The van der Waals surface area contributed by atoms with Crippen molar-refractivity contribution in [3.63, 3.8) is 0 Å². The van der Waals surface area contributed by atoms with Gasteiger partial charge in [0.2, 0.25) is 0 Å². The number of nitrogens with zero attached hydrogens (tertiary/aromatic N) is 3. The molecule has 1 aromatic carbocycles. The van der Waals surface area contributed by atoms with E-state index in [1.807, 2.05) is 18.2 Å². The lowest BCUT2D eigenvalue weighted by Gasteiger charge is -2.04. The van der Waals surface area contributed by atoms with Crippen molar-refractivity contribution in [2.24, 2.45) is 5.73 Å². The predicted molar refractivity (Wildman–Crippen MR) is 71.7 cm³/mol. The molecule has 0 bridgehead atoms. The molecule has 3 N–H and O–H groups in total. The minimum atomic E-state index is -0.289. The van der Waals surface area contributed by atoms with Gasteiger partial charge in [-0.2, -0.15) is 0 Å². The van der Waals surface area contributed by atoms with Crippen molar-refractivity contribution in [3.05, 3.63) is 46.7 Å². The van der Waals surface area contributed by atoms with Crippen LogP contribution in [0.5, 0.6) is 0 Å². The molecule has 0 aliphatic carbocycles. The van der Waals surface area contributed by atoms with Gasteiger partial charge in [0.1, 0.15) is 0 Å². The molecule has 2 aromatic rings. The zero-order chi connectivity index (χ0) is 13.7. The molecule has 0 fully saturated rings. The summed E-state index contributed by atoms with van der Waals surface area (Å²) in [7, 11) is 0. The first-order valence-electron chi connectivity index (χ1n) is 5.82. The molecule has 100 valence electrons. The Morgan fingerprint density at radius 2 is 2.21 bits per heavy atom. The average Bonchev–Trinajstić information content (AvgIpc) is 2.87. The first kappa shape index (κ1) is 13.5. The van der Waals surface area contributed by atoms with E-state index in [-0.39, 0.29) is 11.6 Å². The highest BCUT2D eigenvalue weighted by molar-refractivity contribution is 6.31. The summed E-state index contributed by atoms with van der Waals surface area (Å²) in [4.78, 5) is 11.8. The molecule has 0 aliphatic heterocycles. The second-order valence-corrected chi connectivity index (χ2v) is 4.34. The molecule has 2 rings (SSSR count). The van der Waals surface area contributed by atoms with Gasteiger partial charge in [0.15, 0.2) is 5.69 Å². The van der Waals surface area contributed by atoms with E-state index in [9.17, 15) is 4.79 Å². The smallest absolute Gasteiger partial charge is 0.273 e. The average molecular weight is 280 g/mol. The van der Waals surface area contributed by atoms with Gasteiger partial charge in [0, 0.05) is 18.1 Å². The molecule has 0 saturated carbocycles. The van der Waals surface area contributed by atoms with Crippen LogP contribution in [0.15, 0.2) is 30.5 Å². The van der Waals surface area contributed by atoms with E-state index in [1.165, 1.54) is 4.68 Å². The third kappa shape index (κ3) is 3.52. The Labute approximate surface area is 115 Å². The van der Waals surface area contributed by atoms with E-state index < -0.39 is 0 Å². The van der Waals surface area contributed by atoms with Crippen molar-refractivity contribution in [1.82, 2.24) is 20.3 Å². The van der Waals surface area contributed by atoms with Crippen LogP contribution < -0.4 is 11.1 Å². The van der Waals surface area contributed by atoms with Gasteiger partial charge in [-0.05, 0) is 11.6 Å². The van der Waals surface area contributed by atoms with Crippen molar-refractivity contribution >= 4 is 17.5 Å². The van der Waals surface area contributed by atoms with Gasteiger partial charge in [0.25, 0.3) is 5.91 Å². The van der Waals surface area contributed by atoms with Crippen molar-refractivity contribution in [2.75, 3.05) is 6.54 Å². The fourth-order valence-corrected chi connectivity index (χ4v) is 1.75. The molecule has 19 heavy (non-hydrogen) atoms. The number of carbonyl (C=O) groups excluding carboxylic acids is 1. The van der Waals surface area contributed by atoms with Gasteiger partial charge >= 0.3 is 0 Å². The number of nitrogens with one attached hydrogen (secondary N) is 1. The minimum absolute atomic E-state index is 0.264. The fourth-order valence-electron chi connectivity index (χ4n) is 1.55. The number of benzene rings is 1. The van der Waals surface area contributed by atoms with E-state index >= 15 is 0 Å². The maximum atomic E-state index is 11.8. The molecule has 6 nitrogen and oxygen atoms in total. The topological polar surface area (TPSA) is 85.8 Å². The van der Waals surface area contributed by atoms with Crippen molar-refractivity contribution in [1.29, 1.82) is 0 Å². The Morgan fingerprint density at radius 3 is 2.95 bits per heavy atom. The molecule has 0 unspecified atom stereocenters. The number of amides is 1. The lowest BCUT2D eigenvalue weighted by atomic mass is 10.2. The second-order valence-electron chi connectivity index (χ2n) is 3.93. The molecule has 0 radical (unpaired) electrons. The summed E-state index contributed by atoms with van der Waals surface area (Å²) in [5, 5.41) is 10.9. The molecular weight excluding hydrogens is 266 g/mol. The number of hydrogen-bond acceptors (Lipinski definition) is 4. The fraction of sp³-hybridized carbons (Fsp3) is 0.250. The van der Waals surface area contributed by atoms with E-state index in [0.717, 1.165) is 5.56 Å². The van der Waals surface area contributed by atoms with Crippen LogP contribution in [0.2, 0.25) is 5.02 Å². The number of carbonyl (C=O) groups is 1. The van der Waals surface area contributed by atoms with Crippen LogP contribution in [-0.2, 0) is 13.1 Å². The molecule has 1 heterocycles.